The van der Waals surface area contributed by atoms with Gasteiger partial charge in [0.25, 0.3) is 0 Å². The van der Waals surface area contributed by atoms with E-state index in [2.05, 4.69) is 55.1 Å². The number of likely N-dealkylation sites (N-methyl/N-ethyl adjacent to an activating group) is 1. The average Bonchev–Trinajstić information content (AvgIpc) is 2.94. The Morgan fingerprint density at radius 1 is 1.29 bits per heavy atom. The molecule has 1 fully saturated rings. The minimum Gasteiger partial charge on any atom is -0.493 e. The minimum atomic E-state index is 0.323. The second kappa shape index (κ2) is 8.37. The van der Waals surface area contributed by atoms with Crippen LogP contribution in [0.5, 0.6) is 5.75 Å². The number of hydrogen-bond donors (Lipinski definition) is 3. The molecule has 118 valence electrons. The highest BCUT2D eigenvalue weighted by Gasteiger charge is 2.26. The molecule has 0 aromatic heterocycles. The predicted molar refractivity (Wildman–Crippen MR) is 87.4 cm³/mol. The van der Waals surface area contributed by atoms with Crippen molar-refractivity contribution in [2.75, 3.05) is 19.7 Å². The van der Waals surface area contributed by atoms with E-state index in [0.717, 1.165) is 38.3 Å². The first kappa shape index (κ1) is 16.3. The lowest BCUT2D eigenvalue weighted by molar-refractivity contribution is 0.284. The standard InChI is InChI=1S/C17H29N3O/c1-4-18-12-14-11-16(20-19-14)15-7-5-6-8-17(15)21-10-9-13(2)3/h5-8,13-14,16,18-20H,4,9-12H2,1-3H3. The largest absolute Gasteiger partial charge is 0.493 e. The summed E-state index contributed by atoms with van der Waals surface area (Å²) < 4.78 is 5.99. The van der Waals surface area contributed by atoms with E-state index >= 15 is 0 Å². The number of hydrazine groups is 1. The van der Waals surface area contributed by atoms with Gasteiger partial charge >= 0.3 is 0 Å². The van der Waals surface area contributed by atoms with Gasteiger partial charge in [0.1, 0.15) is 5.75 Å². The van der Waals surface area contributed by atoms with Crippen LogP contribution in [-0.2, 0) is 0 Å². The summed E-state index contributed by atoms with van der Waals surface area (Å²) in [6, 6.07) is 9.17. The SMILES string of the molecule is CCNCC1CC(c2ccccc2OCCC(C)C)NN1. The number of ether oxygens (including phenoxy) is 1. The number of benzene rings is 1. The molecule has 0 amide bonds. The van der Waals surface area contributed by atoms with E-state index in [1.165, 1.54) is 5.56 Å². The fourth-order valence-electron chi connectivity index (χ4n) is 2.58. The molecule has 4 heteroatoms. The third-order valence-electron chi connectivity index (χ3n) is 3.87. The molecule has 1 saturated heterocycles. The number of hydrogen-bond acceptors (Lipinski definition) is 4. The van der Waals surface area contributed by atoms with Gasteiger partial charge in [-0.2, -0.15) is 0 Å². The lowest BCUT2D eigenvalue weighted by Gasteiger charge is -2.16. The molecule has 2 unspecified atom stereocenters. The maximum Gasteiger partial charge on any atom is 0.124 e. The molecule has 4 nitrogen and oxygen atoms in total. The minimum absolute atomic E-state index is 0.323. The Bertz CT molecular complexity index is 422. The number of rotatable bonds is 8. The average molecular weight is 291 g/mol. The van der Waals surface area contributed by atoms with Gasteiger partial charge in [-0.15, -0.1) is 0 Å². The Balaban J connectivity index is 1.93. The first-order valence-electron chi connectivity index (χ1n) is 8.14. The summed E-state index contributed by atoms with van der Waals surface area (Å²) in [5.74, 6) is 1.69. The molecule has 0 saturated carbocycles. The maximum absolute atomic E-state index is 5.99. The second-order valence-corrected chi connectivity index (χ2v) is 6.15. The van der Waals surface area contributed by atoms with Crippen LogP contribution >= 0.6 is 0 Å². The van der Waals surface area contributed by atoms with Crippen molar-refractivity contribution in [1.29, 1.82) is 0 Å². The lowest BCUT2D eigenvalue weighted by Crippen LogP contribution is -2.37. The van der Waals surface area contributed by atoms with E-state index in [0.29, 0.717) is 18.0 Å². The van der Waals surface area contributed by atoms with Crippen LogP contribution in [0.4, 0.5) is 0 Å². The van der Waals surface area contributed by atoms with Crippen LogP contribution in [0.2, 0.25) is 0 Å². The van der Waals surface area contributed by atoms with Crippen LogP contribution in [0.25, 0.3) is 0 Å². The molecule has 2 rings (SSSR count). The van der Waals surface area contributed by atoms with Crippen molar-refractivity contribution in [1.82, 2.24) is 16.2 Å². The highest BCUT2D eigenvalue weighted by Crippen LogP contribution is 2.30. The summed E-state index contributed by atoms with van der Waals surface area (Å²) in [6.45, 7) is 9.38. The molecular weight excluding hydrogens is 262 g/mol. The molecule has 1 heterocycles. The summed E-state index contributed by atoms with van der Waals surface area (Å²) in [5.41, 5.74) is 8.03. The highest BCUT2D eigenvalue weighted by atomic mass is 16.5. The second-order valence-electron chi connectivity index (χ2n) is 6.15. The zero-order chi connectivity index (χ0) is 15.1. The van der Waals surface area contributed by atoms with Gasteiger partial charge in [-0.25, -0.2) is 5.43 Å². The predicted octanol–water partition coefficient (Wildman–Crippen LogP) is 2.63. The Hall–Kier alpha value is -1.10. The van der Waals surface area contributed by atoms with Crippen molar-refractivity contribution in [2.45, 2.75) is 45.7 Å². The summed E-state index contributed by atoms with van der Waals surface area (Å²) >= 11 is 0. The quantitative estimate of drug-likeness (QED) is 0.689. The molecule has 21 heavy (non-hydrogen) atoms. The molecule has 1 aromatic carbocycles. The molecule has 2 atom stereocenters. The van der Waals surface area contributed by atoms with Crippen molar-refractivity contribution in [3.63, 3.8) is 0 Å². The lowest BCUT2D eigenvalue weighted by atomic mass is 10.0. The van der Waals surface area contributed by atoms with Crippen molar-refractivity contribution in [3.05, 3.63) is 29.8 Å². The van der Waals surface area contributed by atoms with Gasteiger partial charge in [0.2, 0.25) is 0 Å². The van der Waals surface area contributed by atoms with Crippen LogP contribution in [0.3, 0.4) is 0 Å². The van der Waals surface area contributed by atoms with Gasteiger partial charge < -0.3 is 10.1 Å². The van der Waals surface area contributed by atoms with Crippen molar-refractivity contribution in [3.8, 4) is 5.75 Å². The molecule has 0 bridgehead atoms. The molecule has 1 aromatic rings. The monoisotopic (exact) mass is 291 g/mol. The Morgan fingerprint density at radius 3 is 2.86 bits per heavy atom. The van der Waals surface area contributed by atoms with Gasteiger partial charge in [0.05, 0.1) is 12.6 Å². The highest BCUT2D eigenvalue weighted by molar-refractivity contribution is 5.36. The van der Waals surface area contributed by atoms with Crippen LogP contribution in [0.15, 0.2) is 24.3 Å². The zero-order valence-corrected chi connectivity index (χ0v) is 13.5. The molecule has 0 spiro atoms. The first-order chi connectivity index (χ1) is 10.2. The third kappa shape index (κ3) is 4.99. The van der Waals surface area contributed by atoms with Gasteiger partial charge in [-0.3, -0.25) is 5.43 Å². The van der Waals surface area contributed by atoms with Crippen LogP contribution < -0.4 is 20.9 Å². The topological polar surface area (TPSA) is 45.3 Å². The Labute approximate surface area is 128 Å². The summed E-state index contributed by atoms with van der Waals surface area (Å²) in [7, 11) is 0. The molecule has 1 aliphatic heterocycles. The molecule has 1 aliphatic rings. The Kier molecular flexibility index (Phi) is 6.49. The summed E-state index contributed by atoms with van der Waals surface area (Å²) in [4.78, 5) is 0. The molecule has 0 aliphatic carbocycles. The van der Waals surface area contributed by atoms with Gasteiger partial charge in [-0.1, -0.05) is 39.0 Å². The van der Waals surface area contributed by atoms with E-state index < -0.39 is 0 Å². The van der Waals surface area contributed by atoms with Crippen molar-refractivity contribution in [2.24, 2.45) is 5.92 Å². The fraction of sp³-hybridized carbons (Fsp3) is 0.647. The van der Waals surface area contributed by atoms with Crippen molar-refractivity contribution < 1.29 is 4.74 Å². The third-order valence-corrected chi connectivity index (χ3v) is 3.87. The molecule has 0 radical (unpaired) electrons. The van der Waals surface area contributed by atoms with Crippen LogP contribution in [0.1, 0.15) is 45.2 Å². The van der Waals surface area contributed by atoms with E-state index in [1.807, 2.05) is 6.07 Å². The van der Waals surface area contributed by atoms with Gasteiger partial charge in [0.15, 0.2) is 0 Å². The van der Waals surface area contributed by atoms with E-state index in [1.54, 1.807) is 0 Å². The molecular formula is C17H29N3O. The number of para-hydroxylation sites is 1. The fourth-order valence-corrected chi connectivity index (χ4v) is 2.58. The van der Waals surface area contributed by atoms with E-state index in [9.17, 15) is 0 Å². The maximum atomic E-state index is 5.99. The van der Waals surface area contributed by atoms with Gasteiger partial charge in [-0.05, 0) is 31.4 Å². The first-order valence-corrected chi connectivity index (χ1v) is 8.14. The normalized spacial score (nSPS) is 21.9. The molecule has 3 N–H and O–H groups in total. The number of nitrogens with one attached hydrogen (secondary N) is 3. The summed E-state index contributed by atoms with van der Waals surface area (Å²) in [5, 5.41) is 3.39. The zero-order valence-electron chi connectivity index (χ0n) is 13.5. The van der Waals surface area contributed by atoms with E-state index in [4.69, 9.17) is 4.74 Å². The van der Waals surface area contributed by atoms with Crippen LogP contribution in [-0.4, -0.2) is 25.7 Å². The smallest absolute Gasteiger partial charge is 0.124 e. The Morgan fingerprint density at radius 2 is 2.10 bits per heavy atom. The summed E-state index contributed by atoms with van der Waals surface area (Å²) in [6.07, 6.45) is 2.17. The van der Waals surface area contributed by atoms with Gasteiger partial charge in [0, 0.05) is 18.2 Å². The van der Waals surface area contributed by atoms with Crippen LogP contribution in [0, 0.1) is 5.92 Å². The van der Waals surface area contributed by atoms with Crippen molar-refractivity contribution >= 4 is 0 Å². The van der Waals surface area contributed by atoms with E-state index in [-0.39, 0.29) is 0 Å².